The van der Waals surface area contributed by atoms with Gasteiger partial charge in [0.1, 0.15) is 5.75 Å². The van der Waals surface area contributed by atoms with Gasteiger partial charge in [0.05, 0.1) is 11.8 Å². The van der Waals surface area contributed by atoms with E-state index in [0.717, 1.165) is 12.8 Å². The highest BCUT2D eigenvalue weighted by Crippen LogP contribution is 2.35. The van der Waals surface area contributed by atoms with Crippen molar-refractivity contribution >= 4 is 5.91 Å². The molecule has 1 aliphatic rings. The third-order valence-corrected chi connectivity index (χ3v) is 3.26. The highest BCUT2D eigenvalue weighted by atomic mass is 16.3. The van der Waals surface area contributed by atoms with E-state index in [4.69, 9.17) is 5.73 Å². The van der Waals surface area contributed by atoms with E-state index < -0.39 is 0 Å². The zero-order chi connectivity index (χ0) is 12.4. The molecule has 1 atom stereocenters. The lowest BCUT2D eigenvalue weighted by Crippen LogP contribution is -2.43. The number of carbonyl (C=O) groups excluding carboxylic acids is 1. The zero-order valence-electron chi connectivity index (χ0n) is 9.84. The number of likely N-dealkylation sites (N-methyl/N-ethyl adjacent to an activating group) is 1. The number of hydrogen-bond acceptors (Lipinski definition) is 4. The summed E-state index contributed by atoms with van der Waals surface area (Å²) in [6, 6.07) is 1.59. The lowest BCUT2D eigenvalue weighted by atomic mass is 10.1. The average molecular weight is 235 g/mol. The fourth-order valence-corrected chi connectivity index (χ4v) is 2.06. The lowest BCUT2D eigenvalue weighted by Gasteiger charge is -2.27. The molecule has 0 spiro atoms. The monoisotopic (exact) mass is 235 g/mol. The van der Waals surface area contributed by atoms with Crippen LogP contribution in [-0.2, 0) is 0 Å². The number of hydrogen-bond donors (Lipinski definition) is 2. The Bertz CT molecular complexity index is 418. The van der Waals surface area contributed by atoms with Crippen molar-refractivity contribution in [3.63, 3.8) is 0 Å². The topological polar surface area (TPSA) is 79.5 Å². The SMILES string of the molecule is CN(C(=O)c1ccncc1O)C(CN)C1CC1. The maximum Gasteiger partial charge on any atom is 0.257 e. The van der Waals surface area contributed by atoms with Crippen LogP contribution in [0.2, 0.25) is 0 Å². The van der Waals surface area contributed by atoms with Crippen molar-refractivity contribution in [2.24, 2.45) is 11.7 Å². The largest absolute Gasteiger partial charge is 0.505 e. The Morgan fingerprint density at radius 3 is 2.94 bits per heavy atom. The summed E-state index contributed by atoms with van der Waals surface area (Å²) < 4.78 is 0. The third-order valence-electron chi connectivity index (χ3n) is 3.26. The van der Waals surface area contributed by atoms with E-state index in [0.29, 0.717) is 12.5 Å². The number of carbonyl (C=O) groups is 1. The van der Waals surface area contributed by atoms with Gasteiger partial charge in [-0.25, -0.2) is 0 Å². The molecule has 92 valence electrons. The Hall–Kier alpha value is -1.62. The summed E-state index contributed by atoms with van der Waals surface area (Å²) in [5.41, 5.74) is 5.98. The minimum atomic E-state index is -0.202. The number of nitrogens with two attached hydrogens (primary N) is 1. The summed E-state index contributed by atoms with van der Waals surface area (Å²) in [4.78, 5) is 17.6. The van der Waals surface area contributed by atoms with Crippen LogP contribution in [0.15, 0.2) is 18.5 Å². The van der Waals surface area contributed by atoms with Gasteiger partial charge in [0.25, 0.3) is 5.91 Å². The summed E-state index contributed by atoms with van der Waals surface area (Å²) in [7, 11) is 1.73. The van der Waals surface area contributed by atoms with Gasteiger partial charge in [-0.1, -0.05) is 0 Å². The van der Waals surface area contributed by atoms with Crippen molar-refractivity contribution in [1.82, 2.24) is 9.88 Å². The van der Waals surface area contributed by atoms with Crippen molar-refractivity contribution in [2.45, 2.75) is 18.9 Å². The fourth-order valence-electron chi connectivity index (χ4n) is 2.06. The molecule has 1 unspecified atom stereocenters. The first kappa shape index (κ1) is 11.9. The Morgan fingerprint density at radius 2 is 2.41 bits per heavy atom. The molecule has 1 fully saturated rings. The van der Waals surface area contributed by atoms with Crippen molar-refractivity contribution < 1.29 is 9.90 Å². The first-order chi connectivity index (χ1) is 8.15. The summed E-state index contributed by atoms with van der Waals surface area (Å²) in [6.07, 6.45) is 5.02. The molecule has 5 nitrogen and oxygen atoms in total. The second-order valence-electron chi connectivity index (χ2n) is 4.45. The quantitative estimate of drug-likeness (QED) is 0.800. The van der Waals surface area contributed by atoms with Crippen LogP contribution >= 0.6 is 0 Å². The lowest BCUT2D eigenvalue weighted by molar-refractivity contribution is 0.0715. The van der Waals surface area contributed by atoms with Crippen LogP contribution in [0.3, 0.4) is 0 Å². The molecule has 1 saturated carbocycles. The molecule has 5 heteroatoms. The van der Waals surface area contributed by atoms with Crippen LogP contribution in [0.25, 0.3) is 0 Å². The second kappa shape index (κ2) is 4.71. The Labute approximate surface area is 100 Å². The molecule has 1 aromatic rings. The Morgan fingerprint density at radius 1 is 1.71 bits per heavy atom. The molecule has 0 saturated heterocycles. The van der Waals surface area contributed by atoms with Gasteiger partial charge in [0.15, 0.2) is 0 Å². The molecule has 0 bridgehead atoms. The van der Waals surface area contributed by atoms with E-state index >= 15 is 0 Å². The fraction of sp³-hybridized carbons (Fsp3) is 0.500. The van der Waals surface area contributed by atoms with E-state index in [2.05, 4.69) is 4.98 Å². The molecule has 1 amide bonds. The van der Waals surface area contributed by atoms with Crippen LogP contribution < -0.4 is 5.73 Å². The van der Waals surface area contributed by atoms with Gasteiger partial charge in [0, 0.05) is 25.8 Å². The highest BCUT2D eigenvalue weighted by Gasteiger charge is 2.35. The van der Waals surface area contributed by atoms with Gasteiger partial charge in [-0.3, -0.25) is 9.78 Å². The van der Waals surface area contributed by atoms with E-state index in [-0.39, 0.29) is 23.3 Å². The number of amides is 1. The summed E-state index contributed by atoms with van der Waals surface area (Å²) >= 11 is 0. The maximum atomic E-state index is 12.2. The minimum Gasteiger partial charge on any atom is -0.505 e. The Kier molecular flexibility index (Phi) is 3.28. The van der Waals surface area contributed by atoms with Gasteiger partial charge in [-0.15, -0.1) is 0 Å². The predicted octanol–water partition coefficient (Wildman–Crippen LogP) is 0.596. The molecule has 0 aliphatic heterocycles. The third kappa shape index (κ3) is 2.39. The predicted molar refractivity (Wildman–Crippen MR) is 63.6 cm³/mol. The first-order valence-corrected chi connectivity index (χ1v) is 5.75. The van der Waals surface area contributed by atoms with Crippen LogP contribution in [0.5, 0.6) is 5.75 Å². The van der Waals surface area contributed by atoms with Gasteiger partial charge in [-0.05, 0) is 24.8 Å². The van der Waals surface area contributed by atoms with Crippen LogP contribution in [-0.4, -0.2) is 40.5 Å². The number of aromatic nitrogens is 1. The number of pyridine rings is 1. The zero-order valence-corrected chi connectivity index (χ0v) is 9.84. The van der Waals surface area contributed by atoms with E-state index in [1.54, 1.807) is 11.9 Å². The summed E-state index contributed by atoms with van der Waals surface area (Å²) in [5, 5.41) is 9.60. The first-order valence-electron chi connectivity index (χ1n) is 5.75. The van der Waals surface area contributed by atoms with Crippen molar-refractivity contribution in [1.29, 1.82) is 0 Å². The maximum absolute atomic E-state index is 12.2. The Balaban J connectivity index is 2.16. The minimum absolute atomic E-state index is 0.0649. The molecule has 2 rings (SSSR count). The highest BCUT2D eigenvalue weighted by molar-refractivity contribution is 5.96. The second-order valence-corrected chi connectivity index (χ2v) is 4.45. The molecule has 1 heterocycles. The molecule has 3 N–H and O–H groups in total. The molecular formula is C12H17N3O2. The van der Waals surface area contributed by atoms with Gasteiger partial charge < -0.3 is 15.7 Å². The summed E-state index contributed by atoms with van der Waals surface area (Å²) in [6.45, 7) is 0.457. The van der Waals surface area contributed by atoms with Crippen LogP contribution in [0.4, 0.5) is 0 Å². The van der Waals surface area contributed by atoms with Crippen LogP contribution in [0, 0.1) is 5.92 Å². The molecule has 1 aliphatic carbocycles. The molecule has 0 aromatic carbocycles. The number of aromatic hydroxyl groups is 1. The van der Waals surface area contributed by atoms with Crippen molar-refractivity contribution in [3.8, 4) is 5.75 Å². The van der Waals surface area contributed by atoms with Gasteiger partial charge in [0.2, 0.25) is 0 Å². The van der Waals surface area contributed by atoms with Crippen molar-refractivity contribution in [3.05, 3.63) is 24.0 Å². The van der Waals surface area contributed by atoms with E-state index in [1.165, 1.54) is 18.5 Å². The van der Waals surface area contributed by atoms with Crippen molar-refractivity contribution in [2.75, 3.05) is 13.6 Å². The number of nitrogens with zero attached hydrogens (tertiary/aromatic N) is 2. The molecule has 0 radical (unpaired) electrons. The average Bonchev–Trinajstić information content (AvgIpc) is 3.14. The normalized spacial score (nSPS) is 16.6. The summed E-state index contributed by atoms with van der Waals surface area (Å²) in [5.74, 6) is 0.223. The van der Waals surface area contributed by atoms with Gasteiger partial charge in [-0.2, -0.15) is 0 Å². The van der Waals surface area contributed by atoms with Crippen LogP contribution in [0.1, 0.15) is 23.2 Å². The number of rotatable bonds is 4. The molecule has 17 heavy (non-hydrogen) atoms. The van der Waals surface area contributed by atoms with E-state index in [9.17, 15) is 9.90 Å². The standard InChI is InChI=1S/C12H17N3O2/c1-15(10(6-13)8-2-3-8)12(17)9-4-5-14-7-11(9)16/h4-5,7-8,10,16H,2-3,6,13H2,1H3. The van der Waals surface area contributed by atoms with E-state index in [1.807, 2.05) is 0 Å². The molecule has 1 aromatic heterocycles. The van der Waals surface area contributed by atoms with Gasteiger partial charge >= 0.3 is 0 Å². The molecular weight excluding hydrogens is 218 g/mol. The smallest absolute Gasteiger partial charge is 0.257 e.